The van der Waals surface area contributed by atoms with Gasteiger partial charge in [0.1, 0.15) is 6.10 Å². The van der Waals surface area contributed by atoms with Crippen LogP contribution < -0.4 is 0 Å². The fourth-order valence-corrected chi connectivity index (χ4v) is 4.13. The SMILES string of the molecule is CC1(C)CCC(C)(C)c2cc(C(O)c3coc(C4OCCO4)c3)ccc21. The van der Waals surface area contributed by atoms with E-state index in [1.807, 2.05) is 12.1 Å². The van der Waals surface area contributed by atoms with E-state index in [0.29, 0.717) is 19.0 Å². The second-order valence-corrected chi connectivity index (χ2v) is 8.83. The third-order valence-corrected chi connectivity index (χ3v) is 6.00. The molecule has 2 heterocycles. The van der Waals surface area contributed by atoms with Gasteiger partial charge in [-0.1, -0.05) is 45.9 Å². The molecule has 1 N–H and O–H groups in total. The zero-order chi connectivity index (χ0) is 18.5. The lowest BCUT2D eigenvalue weighted by atomic mass is 9.63. The first kappa shape index (κ1) is 17.8. The number of fused-ring (bicyclic) bond motifs is 1. The summed E-state index contributed by atoms with van der Waals surface area (Å²) in [6.45, 7) is 10.3. The van der Waals surface area contributed by atoms with Crippen molar-refractivity contribution in [1.29, 1.82) is 0 Å². The molecule has 4 nitrogen and oxygen atoms in total. The van der Waals surface area contributed by atoms with Crippen molar-refractivity contribution in [1.82, 2.24) is 0 Å². The van der Waals surface area contributed by atoms with Gasteiger partial charge in [0.15, 0.2) is 5.76 Å². The van der Waals surface area contributed by atoms with Gasteiger partial charge < -0.3 is 19.0 Å². The van der Waals surface area contributed by atoms with Gasteiger partial charge in [-0.2, -0.15) is 0 Å². The van der Waals surface area contributed by atoms with E-state index in [-0.39, 0.29) is 10.8 Å². The van der Waals surface area contributed by atoms with Crippen LogP contribution in [0.5, 0.6) is 0 Å². The van der Waals surface area contributed by atoms with E-state index in [0.717, 1.165) is 17.5 Å². The summed E-state index contributed by atoms with van der Waals surface area (Å²) in [6.07, 6.45) is 2.75. The summed E-state index contributed by atoms with van der Waals surface area (Å²) in [5, 5.41) is 10.9. The van der Waals surface area contributed by atoms with Crippen molar-refractivity contribution >= 4 is 0 Å². The van der Waals surface area contributed by atoms with Crippen LogP contribution in [-0.2, 0) is 20.3 Å². The molecule has 0 amide bonds. The van der Waals surface area contributed by atoms with Gasteiger partial charge >= 0.3 is 0 Å². The molecule has 0 bridgehead atoms. The molecule has 1 atom stereocenters. The van der Waals surface area contributed by atoms with Gasteiger partial charge in [-0.05, 0) is 46.4 Å². The van der Waals surface area contributed by atoms with Crippen molar-refractivity contribution in [3.8, 4) is 0 Å². The molecule has 0 spiro atoms. The van der Waals surface area contributed by atoms with Crippen molar-refractivity contribution in [2.45, 2.75) is 63.8 Å². The van der Waals surface area contributed by atoms with Crippen LogP contribution in [0.2, 0.25) is 0 Å². The van der Waals surface area contributed by atoms with Crippen LogP contribution in [0.4, 0.5) is 0 Å². The van der Waals surface area contributed by atoms with Gasteiger partial charge in [0.25, 0.3) is 0 Å². The quantitative estimate of drug-likeness (QED) is 0.862. The highest BCUT2D eigenvalue weighted by molar-refractivity contribution is 5.45. The molecular weight excluding hydrogens is 328 g/mol. The van der Waals surface area contributed by atoms with Crippen molar-refractivity contribution in [3.05, 3.63) is 58.5 Å². The molecule has 1 aliphatic heterocycles. The fraction of sp³-hybridized carbons (Fsp3) is 0.545. The Hall–Kier alpha value is -1.62. The molecule has 0 radical (unpaired) electrons. The van der Waals surface area contributed by atoms with Crippen LogP contribution in [0.25, 0.3) is 0 Å². The molecule has 1 saturated heterocycles. The van der Waals surface area contributed by atoms with E-state index in [1.165, 1.54) is 17.5 Å². The Bertz CT molecular complexity index is 796. The van der Waals surface area contributed by atoms with Crippen LogP contribution in [0.1, 0.15) is 80.9 Å². The summed E-state index contributed by atoms with van der Waals surface area (Å²) in [4.78, 5) is 0. The van der Waals surface area contributed by atoms with Gasteiger partial charge in [0.2, 0.25) is 6.29 Å². The molecule has 4 heteroatoms. The Morgan fingerprint density at radius 2 is 1.58 bits per heavy atom. The molecule has 1 unspecified atom stereocenters. The van der Waals surface area contributed by atoms with Crippen LogP contribution in [-0.4, -0.2) is 18.3 Å². The lowest BCUT2D eigenvalue weighted by Crippen LogP contribution is -2.34. The summed E-state index contributed by atoms with van der Waals surface area (Å²) >= 11 is 0. The number of hydrogen-bond donors (Lipinski definition) is 1. The second kappa shape index (κ2) is 6.22. The summed E-state index contributed by atoms with van der Waals surface area (Å²) in [6, 6.07) is 8.24. The van der Waals surface area contributed by atoms with Gasteiger partial charge in [-0.25, -0.2) is 0 Å². The zero-order valence-corrected chi connectivity index (χ0v) is 16.0. The average Bonchev–Trinajstić information content (AvgIpc) is 3.29. The highest BCUT2D eigenvalue weighted by Crippen LogP contribution is 2.46. The first-order valence-corrected chi connectivity index (χ1v) is 9.42. The summed E-state index contributed by atoms with van der Waals surface area (Å²) in [7, 11) is 0. The molecule has 140 valence electrons. The monoisotopic (exact) mass is 356 g/mol. The molecule has 4 rings (SSSR count). The van der Waals surface area contributed by atoms with Gasteiger partial charge in [0.05, 0.1) is 19.5 Å². The van der Waals surface area contributed by atoms with Crippen LogP contribution in [0.3, 0.4) is 0 Å². The summed E-state index contributed by atoms with van der Waals surface area (Å²) in [5.74, 6) is 0.607. The minimum absolute atomic E-state index is 0.119. The maximum Gasteiger partial charge on any atom is 0.217 e. The van der Waals surface area contributed by atoms with Crippen molar-refractivity contribution in [3.63, 3.8) is 0 Å². The smallest absolute Gasteiger partial charge is 0.217 e. The van der Waals surface area contributed by atoms with E-state index in [1.54, 1.807) is 6.26 Å². The van der Waals surface area contributed by atoms with E-state index < -0.39 is 12.4 Å². The Morgan fingerprint density at radius 3 is 2.27 bits per heavy atom. The number of aliphatic hydroxyl groups excluding tert-OH is 1. The first-order valence-electron chi connectivity index (χ1n) is 9.42. The Balaban J connectivity index is 1.66. The van der Waals surface area contributed by atoms with Crippen molar-refractivity contribution in [2.75, 3.05) is 13.2 Å². The zero-order valence-electron chi connectivity index (χ0n) is 16.0. The molecule has 1 aliphatic carbocycles. The second-order valence-electron chi connectivity index (χ2n) is 8.83. The topological polar surface area (TPSA) is 51.8 Å². The molecule has 2 aliphatic rings. The normalized spacial score (nSPS) is 23.0. The van der Waals surface area contributed by atoms with Crippen LogP contribution >= 0.6 is 0 Å². The predicted octanol–water partition coefficient (Wildman–Crippen LogP) is 4.76. The van der Waals surface area contributed by atoms with E-state index >= 15 is 0 Å². The molecule has 0 saturated carbocycles. The number of benzene rings is 1. The third-order valence-electron chi connectivity index (χ3n) is 6.00. The van der Waals surface area contributed by atoms with Crippen molar-refractivity contribution < 1.29 is 19.0 Å². The number of hydrogen-bond acceptors (Lipinski definition) is 4. The summed E-state index contributed by atoms with van der Waals surface area (Å²) in [5.41, 5.74) is 4.66. The minimum Gasteiger partial charge on any atom is -0.464 e. The van der Waals surface area contributed by atoms with Gasteiger partial charge in [-0.15, -0.1) is 0 Å². The molecule has 1 aromatic carbocycles. The Kier molecular flexibility index (Phi) is 4.25. The molecule has 1 fully saturated rings. The standard InChI is InChI=1S/C22H28O4/c1-21(2)7-8-22(3,4)17-11-14(5-6-16(17)21)19(23)15-12-18(26-13-15)20-24-9-10-25-20/h5-6,11-13,19-20,23H,7-10H2,1-4H3. The minimum atomic E-state index is -0.722. The molecule has 1 aromatic heterocycles. The van der Waals surface area contributed by atoms with Crippen LogP contribution in [0, 0.1) is 0 Å². The number of rotatable bonds is 3. The number of furan rings is 1. The van der Waals surface area contributed by atoms with Crippen molar-refractivity contribution in [2.24, 2.45) is 0 Å². The van der Waals surface area contributed by atoms with E-state index in [9.17, 15) is 5.11 Å². The summed E-state index contributed by atoms with van der Waals surface area (Å²) < 4.78 is 16.5. The third kappa shape index (κ3) is 3.00. The number of ether oxygens (including phenoxy) is 2. The van der Waals surface area contributed by atoms with E-state index in [4.69, 9.17) is 13.9 Å². The lowest BCUT2D eigenvalue weighted by Gasteiger charge is -2.42. The Morgan fingerprint density at radius 1 is 0.923 bits per heavy atom. The number of aliphatic hydroxyl groups is 1. The lowest BCUT2D eigenvalue weighted by molar-refractivity contribution is -0.0588. The maximum atomic E-state index is 10.9. The van der Waals surface area contributed by atoms with E-state index in [2.05, 4.69) is 39.8 Å². The van der Waals surface area contributed by atoms with Crippen LogP contribution in [0.15, 0.2) is 34.9 Å². The molecule has 26 heavy (non-hydrogen) atoms. The Labute approximate surface area is 155 Å². The fourth-order valence-electron chi connectivity index (χ4n) is 4.13. The maximum absolute atomic E-state index is 10.9. The molecular formula is C22H28O4. The molecule has 2 aromatic rings. The predicted molar refractivity (Wildman–Crippen MR) is 99.1 cm³/mol. The average molecular weight is 356 g/mol. The highest BCUT2D eigenvalue weighted by Gasteiger charge is 2.37. The van der Waals surface area contributed by atoms with Gasteiger partial charge in [-0.3, -0.25) is 0 Å². The van der Waals surface area contributed by atoms with Gasteiger partial charge in [0, 0.05) is 5.56 Å². The first-order chi connectivity index (χ1) is 12.3. The largest absolute Gasteiger partial charge is 0.464 e. The highest BCUT2D eigenvalue weighted by atomic mass is 16.7.